The molecule has 118 valence electrons. The zero-order valence-electron chi connectivity index (χ0n) is 9.59. The van der Waals surface area contributed by atoms with E-state index in [1.165, 1.54) is 0 Å². The van der Waals surface area contributed by atoms with Crippen LogP contribution in [-0.4, -0.2) is 0 Å². The summed E-state index contributed by atoms with van der Waals surface area (Å²) in [6.45, 7) is 2.88. The van der Waals surface area contributed by atoms with Crippen molar-refractivity contribution in [2.24, 2.45) is 0 Å². The Morgan fingerprint density at radius 2 is 1.29 bits per heavy atom. The third kappa shape index (κ3) is 3.26. The number of hydrogen-bond donors (Lipinski definition) is 0. The van der Waals surface area contributed by atoms with Crippen LogP contribution in [0.3, 0.4) is 0 Å². The molecule has 0 aliphatic rings. The first-order chi connectivity index (χ1) is 9.72. The molecule has 0 N–H and O–H groups in total. The standard InChI is InChI=1S/C9H4F7O4P/c1-2-3(18-21(17,19-15)20-16)4-5(10)7(12)9(14)8(13)6(4)11/h2-3H,1H2. The van der Waals surface area contributed by atoms with Crippen molar-refractivity contribution >= 4 is 7.82 Å². The van der Waals surface area contributed by atoms with E-state index < -0.39 is 48.6 Å². The lowest BCUT2D eigenvalue weighted by atomic mass is 10.1. The third-order valence-corrected chi connectivity index (χ3v) is 2.98. The topological polar surface area (TPSA) is 44.8 Å². The Labute approximate surface area is 112 Å². The average Bonchev–Trinajstić information content (AvgIpc) is 2.49. The van der Waals surface area contributed by atoms with E-state index in [1.807, 2.05) is 0 Å². The van der Waals surface area contributed by atoms with Crippen LogP contribution in [0.4, 0.5) is 31.0 Å². The minimum absolute atomic E-state index is 0.350. The highest BCUT2D eigenvalue weighted by Crippen LogP contribution is 2.54. The summed E-state index contributed by atoms with van der Waals surface area (Å²) in [6.07, 6.45) is -2.07. The molecular formula is C9H4F7O4P. The largest absolute Gasteiger partial charge is 0.538 e. The number of benzene rings is 1. The van der Waals surface area contributed by atoms with E-state index in [1.54, 1.807) is 0 Å². The second-order valence-electron chi connectivity index (χ2n) is 3.33. The summed E-state index contributed by atoms with van der Waals surface area (Å²) in [6, 6.07) is 0. The van der Waals surface area contributed by atoms with Crippen molar-refractivity contribution < 1.29 is 49.5 Å². The highest BCUT2D eigenvalue weighted by molar-refractivity contribution is 7.48. The SMILES string of the molecule is C=CC(OP(=O)(OF)OF)c1c(F)c(F)c(F)c(F)c1F. The molecule has 1 atom stereocenters. The normalized spacial score (nSPS) is 13.3. The van der Waals surface area contributed by atoms with Gasteiger partial charge in [-0.3, -0.25) is 4.52 Å². The molecule has 0 heterocycles. The van der Waals surface area contributed by atoms with Crippen molar-refractivity contribution in [3.8, 4) is 0 Å². The fourth-order valence-electron chi connectivity index (χ4n) is 1.27. The lowest BCUT2D eigenvalue weighted by molar-refractivity contribution is -0.122. The van der Waals surface area contributed by atoms with E-state index in [-0.39, 0.29) is 0 Å². The lowest BCUT2D eigenvalue weighted by Crippen LogP contribution is -2.12. The van der Waals surface area contributed by atoms with Gasteiger partial charge in [0.15, 0.2) is 23.3 Å². The van der Waals surface area contributed by atoms with Gasteiger partial charge in [-0.15, -0.1) is 6.58 Å². The molecule has 1 aromatic carbocycles. The predicted molar refractivity (Wildman–Crippen MR) is 52.2 cm³/mol. The van der Waals surface area contributed by atoms with Crippen LogP contribution in [0.1, 0.15) is 11.7 Å². The summed E-state index contributed by atoms with van der Waals surface area (Å²) >= 11 is 0. The predicted octanol–water partition coefficient (Wildman–Crippen LogP) is 4.54. The van der Waals surface area contributed by atoms with E-state index in [0.29, 0.717) is 6.08 Å². The molecule has 1 aromatic rings. The van der Waals surface area contributed by atoms with E-state index in [9.17, 15) is 35.6 Å². The van der Waals surface area contributed by atoms with Crippen LogP contribution >= 0.6 is 7.82 Å². The molecule has 4 nitrogen and oxygen atoms in total. The van der Waals surface area contributed by atoms with Crippen molar-refractivity contribution in [1.82, 2.24) is 0 Å². The van der Waals surface area contributed by atoms with Gasteiger partial charge in [0.1, 0.15) is 6.10 Å². The molecule has 0 bridgehead atoms. The van der Waals surface area contributed by atoms with Gasteiger partial charge in [-0.05, 0) is 9.05 Å². The third-order valence-electron chi connectivity index (χ3n) is 2.15. The maximum absolute atomic E-state index is 13.4. The first kappa shape index (κ1) is 17.6. The van der Waals surface area contributed by atoms with Gasteiger partial charge in [0.05, 0.1) is 5.56 Å². The molecular weight excluding hydrogens is 336 g/mol. The fraction of sp³-hybridized carbons (Fsp3) is 0.111. The van der Waals surface area contributed by atoms with Crippen molar-refractivity contribution in [1.29, 1.82) is 0 Å². The highest BCUT2D eigenvalue weighted by atomic mass is 31.2. The zero-order chi connectivity index (χ0) is 16.4. The second-order valence-corrected chi connectivity index (χ2v) is 4.71. The second kappa shape index (κ2) is 6.56. The quantitative estimate of drug-likeness (QED) is 0.251. The summed E-state index contributed by atoms with van der Waals surface area (Å²) in [5.41, 5.74) is -1.68. The molecule has 0 aromatic heterocycles. The van der Waals surface area contributed by atoms with Crippen LogP contribution in [0.5, 0.6) is 0 Å². The average molecular weight is 340 g/mol. The van der Waals surface area contributed by atoms with Crippen LogP contribution in [0.25, 0.3) is 0 Å². The van der Waals surface area contributed by atoms with Gasteiger partial charge in [-0.2, -0.15) is 0 Å². The summed E-state index contributed by atoms with van der Waals surface area (Å²) in [7, 11) is -5.58. The van der Waals surface area contributed by atoms with E-state index >= 15 is 0 Å². The molecule has 1 rings (SSSR count). The van der Waals surface area contributed by atoms with Gasteiger partial charge in [0, 0.05) is 0 Å². The van der Waals surface area contributed by atoms with Gasteiger partial charge < -0.3 is 0 Å². The number of halogens is 7. The maximum atomic E-state index is 13.4. The Kier molecular flexibility index (Phi) is 5.51. The van der Waals surface area contributed by atoms with Crippen LogP contribution in [-0.2, 0) is 18.5 Å². The minimum Gasteiger partial charge on any atom is -0.271 e. The molecule has 0 fully saturated rings. The molecule has 12 heteroatoms. The number of rotatable bonds is 6. The first-order valence-corrected chi connectivity index (χ1v) is 6.21. The Morgan fingerprint density at radius 3 is 1.62 bits per heavy atom. The summed E-state index contributed by atoms with van der Waals surface area (Å²) < 4.78 is 109. The molecule has 21 heavy (non-hydrogen) atoms. The van der Waals surface area contributed by atoms with Gasteiger partial charge in [-0.25, -0.2) is 26.5 Å². The molecule has 0 saturated heterocycles. The molecule has 0 aliphatic heterocycles. The maximum Gasteiger partial charge on any atom is 0.538 e. The lowest BCUT2D eigenvalue weighted by Gasteiger charge is -2.17. The summed E-state index contributed by atoms with van der Waals surface area (Å²) in [4.78, 5) is 0. The van der Waals surface area contributed by atoms with Gasteiger partial charge in [-0.1, -0.05) is 15.5 Å². The Balaban J connectivity index is 3.43. The van der Waals surface area contributed by atoms with Gasteiger partial charge in [0.2, 0.25) is 5.82 Å². The molecule has 0 aliphatic carbocycles. The van der Waals surface area contributed by atoms with E-state index in [0.717, 1.165) is 0 Å². The summed E-state index contributed by atoms with van der Waals surface area (Å²) in [5.74, 6) is -11.9. The van der Waals surface area contributed by atoms with Gasteiger partial charge >= 0.3 is 7.82 Å². The van der Waals surface area contributed by atoms with Crippen molar-refractivity contribution in [3.63, 3.8) is 0 Å². The van der Waals surface area contributed by atoms with E-state index in [2.05, 4.69) is 20.6 Å². The van der Waals surface area contributed by atoms with Crippen molar-refractivity contribution in [2.75, 3.05) is 0 Å². The number of hydrogen-bond acceptors (Lipinski definition) is 4. The first-order valence-electron chi connectivity index (χ1n) is 4.75. The van der Waals surface area contributed by atoms with Crippen LogP contribution < -0.4 is 0 Å². The monoisotopic (exact) mass is 340 g/mol. The van der Waals surface area contributed by atoms with Crippen LogP contribution in [0.2, 0.25) is 0 Å². The Bertz CT molecular complexity index is 571. The fourth-order valence-corrected chi connectivity index (χ4v) is 1.82. The number of phosphoric acid groups is 1. The molecule has 0 amide bonds. The van der Waals surface area contributed by atoms with E-state index in [4.69, 9.17) is 0 Å². The molecule has 0 saturated carbocycles. The van der Waals surface area contributed by atoms with Crippen LogP contribution in [0, 0.1) is 29.1 Å². The zero-order valence-corrected chi connectivity index (χ0v) is 10.5. The molecule has 0 spiro atoms. The smallest absolute Gasteiger partial charge is 0.271 e. The Hall–Kier alpha value is -1.42. The van der Waals surface area contributed by atoms with Crippen molar-refractivity contribution in [3.05, 3.63) is 47.3 Å². The Morgan fingerprint density at radius 1 is 0.905 bits per heavy atom. The summed E-state index contributed by atoms with van der Waals surface area (Å²) in [5, 5.41) is 0. The molecule has 1 unspecified atom stereocenters. The molecule has 0 radical (unpaired) electrons. The van der Waals surface area contributed by atoms with Crippen LogP contribution in [0.15, 0.2) is 12.7 Å². The van der Waals surface area contributed by atoms with Crippen molar-refractivity contribution in [2.45, 2.75) is 6.10 Å². The minimum atomic E-state index is -5.58. The van der Waals surface area contributed by atoms with Gasteiger partial charge in [0.25, 0.3) is 0 Å². The highest BCUT2D eigenvalue weighted by Gasteiger charge is 2.38.